The lowest BCUT2D eigenvalue weighted by atomic mass is 10.1. The van der Waals surface area contributed by atoms with Crippen LogP contribution in [0.4, 0.5) is 0 Å². The zero-order valence-electron chi connectivity index (χ0n) is 9.39. The first-order valence-electron chi connectivity index (χ1n) is 5.47. The average Bonchev–Trinajstić information content (AvgIpc) is 2.60. The minimum Gasteiger partial charge on any atom is -0.266 e. The molecule has 1 aromatic carbocycles. The fraction of sp³-hybridized carbons (Fsp3) is 0.231. The molecule has 0 unspecified atom stereocenters. The molecule has 1 aliphatic heterocycles. The van der Waals surface area contributed by atoms with Gasteiger partial charge >= 0.3 is 0 Å². The molecular formula is C13H13NO3. The van der Waals surface area contributed by atoms with Crippen LogP contribution in [-0.4, -0.2) is 23.5 Å². The molecule has 0 saturated heterocycles. The van der Waals surface area contributed by atoms with Gasteiger partial charge in [-0.15, -0.1) is 11.6 Å². The molecule has 0 aliphatic carbocycles. The largest absolute Gasteiger partial charge is 0.285 e. The van der Waals surface area contributed by atoms with Gasteiger partial charge in [-0.1, -0.05) is 18.2 Å². The van der Waals surface area contributed by atoms with Gasteiger partial charge in [0.25, 0.3) is 11.8 Å². The molecule has 17 heavy (non-hydrogen) atoms. The van der Waals surface area contributed by atoms with E-state index in [1.165, 1.54) is 0 Å². The summed E-state index contributed by atoms with van der Waals surface area (Å²) in [4.78, 5) is 28.9. The van der Waals surface area contributed by atoms with Crippen LogP contribution in [0.15, 0.2) is 36.9 Å². The van der Waals surface area contributed by atoms with Crippen molar-refractivity contribution in [2.45, 2.75) is 12.8 Å². The van der Waals surface area contributed by atoms with Crippen molar-refractivity contribution in [1.82, 2.24) is 5.06 Å². The number of imide groups is 1. The summed E-state index contributed by atoms with van der Waals surface area (Å²) >= 11 is 0. The van der Waals surface area contributed by atoms with Gasteiger partial charge in [-0.25, -0.2) is 0 Å². The van der Waals surface area contributed by atoms with Crippen LogP contribution in [0.1, 0.15) is 33.6 Å². The van der Waals surface area contributed by atoms with Crippen LogP contribution in [0.3, 0.4) is 0 Å². The monoisotopic (exact) mass is 231 g/mol. The maximum Gasteiger partial charge on any atom is 0.285 e. The van der Waals surface area contributed by atoms with Crippen molar-refractivity contribution in [2.75, 3.05) is 6.61 Å². The summed E-state index contributed by atoms with van der Waals surface area (Å²) in [5, 5.41) is 0.841. The van der Waals surface area contributed by atoms with Gasteiger partial charge in [-0.3, -0.25) is 14.4 Å². The summed E-state index contributed by atoms with van der Waals surface area (Å²) < 4.78 is 0. The summed E-state index contributed by atoms with van der Waals surface area (Å²) in [5.74, 6) is -0.770. The highest BCUT2D eigenvalue weighted by atomic mass is 16.7. The van der Waals surface area contributed by atoms with Crippen molar-refractivity contribution in [3.8, 4) is 0 Å². The van der Waals surface area contributed by atoms with E-state index in [2.05, 4.69) is 6.58 Å². The van der Waals surface area contributed by atoms with Crippen LogP contribution in [0, 0.1) is 0 Å². The van der Waals surface area contributed by atoms with E-state index in [0.29, 0.717) is 17.7 Å². The second-order valence-corrected chi connectivity index (χ2v) is 3.71. The highest BCUT2D eigenvalue weighted by molar-refractivity contribution is 6.20. The van der Waals surface area contributed by atoms with Crippen molar-refractivity contribution < 1.29 is 14.4 Å². The summed E-state index contributed by atoms with van der Waals surface area (Å²) in [6, 6.07) is 6.71. The number of hydrogen-bond donors (Lipinski definition) is 0. The minimum absolute atomic E-state index is 0.331. The third kappa shape index (κ3) is 2.12. The first-order valence-corrected chi connectivity index (χ1v) is 5.47. The van der Waals surface area contributed by atoms with Gasteiger partial charge in [0, 0.05) is 0 Å². The second-order valence-electron chi connectivity index (χ2n) is 3.71. The van der Waals surface area contributed by atoms with Crippen LogP contribution in [0.25, 0.3) is 0 Å². The predicted molar refractivity (Wildman–Crippen MR) is 62.3 cm³/mol. The Balaban J connectivity index is 2.05. The molecule has 1 aromatic rings. The Hall–Kier alpha value is -1.94. The molecule has 2 rings (SSSR count). The summed E-state index contributed by atoms with van der Waals surface area (Å²) in [5.41, 5.74) is 0.808. The van der Waals surface area contributed by atoms with Crippen LogP contribution in [0.5, 0.6) is 0 Å². The molecule has 4 nitrogen and oxygen atoms in total. The Kier molecular flexibility index (Phi) is 3.35. The average molecular weight is 231 g/mol. The fourth-order valence-electron chi connectivity index (χ4n) is 1.67. The van der Waals surface area contributed by atoms with E-state index in [9.17, 15) is 9.59 Å². The van der Waals surface area contributed by atoms with Gasteiger partial charge in [0.05, 0.1) is 17.7 Å². The van der Waals surface area contributed by atoms with Crippen molar-refractivity contribution >= 4 is 11.8 Å². The number of hydrogen-bond acceptors (Lipinski definition) is 3. The third-order valence-corrected chi connectivity index (χ3v) is 2.53. The van der Waals surface area contributed by atoms with E-state index >= 15 is 0 Å². The normalized spacial score (nSPS) is 14.0. The topological polar surface area (TPSA) is 46.6 Å². The molecule has 0 N–H and O–H groups in total. The molecule has 0 bridgehead atoms. The molecule has 1 aliphatic rings. The Morgan fingerprint density at radius 3 is 2.29 bits per heavy atom. The van der Waals surface area contributed by atoms with Crippen molar-refractivity contribution in [3.05, 3.63) is 48.0 Å². The smallest absolute Gasteiger partial charge is 0.266 e. The lowest BCUT2D eigenvalue weighted by Gasteiger charge is -2.12. The van der Waals surface area contributed by atoms with Crippen molar-refractivity contribution in [1.29, 1.82) is 0 Å². The van der Waals surface area contributed by atoms with Crippen LogP contribution < -0.4 is 0 Å². The second kappa shape index (κ2) is 4.93. The molecule has 1 heterocycles. The van der Waals surface area contributed by atoms with E-state index in [1.807, 2.05) is 0 Å². The zero-order valence-corrected chi connectivity index (χ0v) is 9.39. The zero-order chi connectivity index (χ0) is 12.3. The lowest BCUT2D eigenvalue weighted by Crippen LogP contribution is -2.30. The Morgan fingerprint density at radius 2 is 1.76 bits per heavy atom. The minimum atomic E-state index is -0.385. The number of carbonyl (C=O) groups is 2. The first kappa shape index (κ1) is 11.5. The Bertz CT molecular complexity index is 432. The number of fused-ring (bicyclic) bond motifs is 1. The third-order valence-electron chi connectivity index (χ3n) is 2.53. The van der Waals surface area contributed by atoms with Crippen LogP contribution in [0.2, 0.25) is 0 Å². The van der Waals surface area contributed by atoms with E-state index in [4.69, 9.17) is 4.84 Å². The number of hydroxylamine groups is 2. The number of nitrogens with zero attached hydrogens (tertiary/aromatic N) is 1. The van der Waals surface area contributed by atoms with Crippen molar-refractivity contribution in [2.24, 2.45) is 0 Å². The summed E-state index contributed by atoms with van der Waals surface area (Å²) in [6.45, 7) is 3.92. The first-order chi connectivity index (χ1) is 8.25. The van der Waals surface area contributed by atoms with Crippen molar-refractivity contribution in [3.63, 3.8) is 0 Å². The SMILES string of the molecule is C=CCCCON1C(=O)c2ccccc2C1=O. The lowest BCUT2D eigenvalue weighted by molar-refractivity contribution is -0.0917. The molecule has 0 saturated carbocycles. The number of allylic oxidation sites excluding steroid dienone is 1. The van der Waals surface area contributed by atoms with Gasteiger partial charge in [-0.05, 0) is 25.0 Å². The standard InChI is InChI=1S/C13H13NO3/c1-2-3-6-9-17-14-12(15)10-7-4-5-8-11(10)13(14)16/h2,4-5,7-8H,1,3,6,9H2. The maximum absolute atomic E-state index is 11.8. The molecule has 0 atom stereocenters. The van der Waals surface area contributed by atoms with Gasteiger partial charge < -0.3 is 0 Å². The van der Waals surface area contributed by atoms with Gasteiger partial charge in [-0.2, -0.15) is 0 Å². The maximum atomic E-state index is 11.8. The molecule has 88 valence electrons. The molecule has 0 fully saturated rings. The summed E-state index contributed by atoms with van der Waals surface area (Å²) in [7, 11) is 0. The molecule has 4 heteroatoms. The van der Waals surface area contributed by atoms with Crippen LogP contribution in [-0.2, 0) is 4.84 Å². The Morgan fingerprint density at radius 1 is 1.18 bits per heavy atom. The molecule has 0 radical (unpaired) electrons. The fourth-order valence-corrected chi connectivity index (χ4v) is 1.67. The number of unbranched alkanes of at least 4 members (excludes halogenated alkanes) is 1. The number of benzene rings is 1. The highest BCUT2D eigenvalue weighted by Gasteiger charge is 2.36. The van der Waals surface area contributed by atoms with Gasteiger partial charge in [0.1, 0.15) is 0 Å². The molecular weight excluding hydrogens is 218 g/mol. The van der Waals surface area contributed by atoms with E-state index in [-0.39, 0.29) is 11.8 Å². The predicted octanol–water partition coefficient (Wildman–Crippen LogP) is 2.18. The van der Waals surface area contributed by atoms with E-state index in [0.717, 1.165) is 17.9 Å². The Labute approximate surface area is 99.4 Å². The number of rotatable bonds is 5. The molecule has 0 spiro atoms. The van der Waals surface area contributed by atoms with Gasteiger partial charge in [0.2, 0.25) is 0 Å². The highest BCUT2D eigenvalue weighted by Crippen LogP contribution is 2.22. The quantitative estimate of drug-likeness (QED) is 0.443. The van der Waals surface area contributed by atoms with Crippen LogP contribution >= 0.6 is 0 Å². The summed E-state index contributed by atoms with van der Waals surface area (Å²) in [6.07, 6.45) is 3.30. The van der Waals surface area contributed by atoms with E-state index in [1.54, 1.807) is 30.3 Å². The number of amides is 2. The van der Waals surface area contributed by atoms with E-state index < -0.39 is 0 Å². The number of carbonyl (C=O) groups excluding carboxylic acids is 2. The van der Waals surface area contributed by atoms with Gasteiger partial charge in [0.15, 0.2) is 0 Å². The molecule has 0 aromatic heterocycles. The molecule has 2 amide bonds.